The molecule has 0 aliphatic heterocycles. The van der Waals surface area contributed by atoms with Crippen molar-refractivity contribution in [3.63, 3.8) is 0 Å². The van der Waals surface area contributed by atoms with Crippen molar-refractivity contribution in [3.05, 3.63) is 10.6 Å². The molecular weight excluding hydrogens is 363 g/mol. The molecule has 0 spiro atoms. The molecule has 0 unspecified atom stereocenters. The van der Waals surface area contributed by atoms with Crippen LogP contribution >= 0.6 is 0 Å². The topological polar surface area (TPSA) is 45.3 Å². The second kappa shape index (κ2) is 9.91. The van der Waals surface area contributed by atoms with Crippen LogP contribution in [0.3, 0.4) is 0 Å². The summed E-state index contributed by atoms with van der Waals surface area (Å²) in [4.78, 5) is 0. The van der Waals surface area contributed by atoms with Crippen LogP contribution in [0.15, 0.2) is 0 Å². The zero-order chi connectivity index (χ0) is 15.7. The Kier molecular flexibility index (Phi) is 11.7. The molecule has 0 aliphatic carbocycles. The summed E-state index contributed by atoms with van der Waals surface area (Å²) in [6, 6.07) is 0. The van der Waals surface area contributed by atoms with Gasteiger partial charge in [0.25, 0.3) is 0 Å². The zero-order valence-corrected chi connectivity index (χ0v) is 16.3. The van der Waals surface area contributed by atoms with Crippen LogP contribution in [-0.2, 0) is 47.6 Å². The quantitative estimate of drug-likeness (QED) is 0.599. The Labute approximate surface area is 140 Å². The maximum absolute atomic E-state index is 8.22. The van der Waals surface area contributed by atoms with Gasteiger partial charge in [-0.3, -0.25) is 0 Å². The molecule has 0 N–H and O–H groups in total. The van der Waals surface area contributed by atoms with E-state index in [4.69, 9.17) is 28.8 Å². The molecule has 0 heterocycles. The average Bonchev–Trinajstić information content (AvgIpc) is 2.15. The van der Waals surface area contributed by atoms with E-state index in [1.807, 2.05) is 27.7 Å². The molecule has 113 valence electrons. The standard InChI is InChI=1S/C13H28N2S2.O.Tc/c1-11(2,7-14-9-12(3,4)16)8-15-10-13(5,6)17;;/h16-17H,7-10H2,1-6H3;;/q-2;;+4/p-2/i;;1+1. The molecule has 0 aliphatic rings. The summed E-state index contributed by atoms with van der Waals surface area (Å²) in [5.74, 6) is 0. The van der Waals surface area contributed by atoms with Crippen LogP contribution in [0.25, 0.3) is 10.6 Å². The summed E-state index contributed by atoms with van der Waals surface area (Å²) >= 11 is 11.5. The van der Waals surface area contributed by atoms with Crippen molar-refractivity contribution in [1.82, 2.24) is 0 Å². The normalized spacial score (nSPS) is 12.9. The molecule has 0 atom stereocenters. The second-order valence-corrected chi connectivity index (χ2v) is 8.97. The van der Waals surface area contributed by atoms with Gasteiger partial charge in [0.2, 0.25) is 0 Å². The molecule has 0 rings (SSSR count). The average molecular weight is 389 g/mol. The molecule has 0 saturated heterocycles. The van der Waals surface area contributed by atoms with E-state index in [1.165, 1.54) is 0 Å². The summed E-state index contributed by atoms with van der Waals surface area (Å²) in [5, 5.41) is 9.08. The van der Waals surface area contributed by atoms with Gasteiger partial charge in [-0.1, -0.05) is 47.0 Å². The van der Waals surface area contributed by atoms with E-state index in [-0.39, 0.29) is 14.9 Å². The number of rotatable bonds is 8. The Bertz CT molecular complexity index is 216. The van der Waals surface area contributed by atoms with Gasteiger partial charge in [-0.05, 0) is 0 Å². The summed E-state index contributed by atoms with van der Waals surface area (Å²) in [7, 11) is 0. The Balaban J connectivity index is 0. The van der Waals surface area contributed by atoms with Crippen LogP contribution in [0, 0.1) is 5.41 Å². The van der Waals surface area contributed by atoms with E-state index in [0.717, 1.165) is 45.0 Å². The van der Waals surface area contributed by atoms with Crippen molar-refractivity contribution in [1.29, 1.82) is 0 Å². The fourth-order valence-corrected chi connectivity index (χ4v) is 1.49. The Morgan fingerprint density at radius 2 is 1.00 bits per heavy atom. The summed E-state index contributed by atoms with van der Waals surface area (Å²) in [6.07, 6.45) is 0. The van der Waals surface area contributed by atoms with Crippen molar-refractivity contribution in [2.45, 2.75) is 51.0 Å². The molecule has 0 bridgehead atoms. The maximum atomic E-state index is 8.22. The van der Waals surface area contributed by atoms with Gasteiger partial charge in [-0.2, -0.15) is 22.6 Å². The Morgan fingerprint density at radius 1 is 0.737 bits per heavy atom. The molecule has 6 heteroatoms. The van der Waals surface area contributed by atoms with E-state index < -0.39 is 0 Å². The van der Waals surface area contributed by atoms with E-state index >= 15 is 0 Å². The molecule has 19 heavy (non-hydrogen) atoms. The number of hydrogen-bond acceptors (Lipinski definition) is 3. The third kappa shape index (κ3) is 19.1. The van der Waals surface area contributed by atoms with Gasteiger partial charge in [-0.15, -0.1) is 13.1 Å². The monoisotopic (exact) mass is 389 g/mol. The first-order valence-corrected chi connectivity index (χ1v) is 7.82. The van der Waals surface area contributed by atoms with Crippen molar-refractivity contribution in [3.8, 4) is 0 Å². The number of hydrogen-bond donors (Lipinski definition) is 0. The van der Waals surface area contributed by atoms with Crippen LogP contribution in [0.1, 0.15) is 41.5 Å². The molecule has 0 saturated carbocycles. The third-order valence-corrected chi connectivity index (χ3v) is 2.32. The van der Waals surface area contributed by atoms with Gasteiger partial charge < -0.3 is 35.9 Å². The Morgan fingerprint density at radius 3 is 1.21 bits per heavy atom. The fourth-order valence-electron chi connectivity index (χ4n) is 1.31. The number of nitrogens with zero attached hydrogens (tertiary/aromatic N) is 2. The van der Waals surface area contributed by atoms with E-state index in [9.17, 15) is 0 Å². The van der Waals surface area contributed by atoms with Crippen molar-refractivity contribution < 1.29 is 22.4 Å². The van der Waals surface area contributed by atoms with Crippen molar-refractivity contribution >= 4 is 25.3 Å². The van der Waals surface area contributed by atoms with Crippen molar-refractivity contribution in [2.75, 3.05) is 26.2 Å². The van der Waals surface area contributed by atoms with Crippen LogP contribution < -0.4 is 0 Å². The molecular formula is C13H26N2OS2Tc. The van der Waals surface area contributed by atoms with Gasteiger partial charge in [-0.25, -0.2) is 0 Å². The first-order valence-electron chi connectivity index (χ1n) is 6.24. The van der Waals surface area contributed by atoms with Crippen LogP contribution in [-0.4, -0.2) is 35.7 Å². The summed E-state index contributed by atoms with van der Waals surface area (Å²) in [5.41, 5.74) is 0.112. The minimum atomic E-state index is -0.129. The molecule has 0 fully saturated rings. The predicted octanol–water partition coefficient (Wildman–Crippen LogP) is 3.29. The van der Waals surface area contributed by atoms with Crippen LogP contribution in [0.5, 0.6) is 0 Å². The molecule has 0 aromatic heterocycles. The van der Waals surface area contributed by atoms with Gasteiger partial charge in [0.1, 0.15) is 0 Å². The van der Waals surface area contributed by atoms with Gasteiger partial charge in [0.15, 0.2) is 0 Å². The zero-order valence-electron chi connectivity index (χ0n) is 12.8. The summed E-state index contributed by atoms with van der Waals surface area (Å²) in [6.45, 7) is 15.6. The Hall–Kier alpha value is 1.07. The summed E-state index contributed by atoms with van der Waals surface area (Å²) < 4.78 is 7.96. The van der Waals surface area contributed by atoms with Gasteiger partial charge >= 0.3 is 22.4 Å². The second-order valence-electron chi connectivity index (χ2n) is 6.76. The predicted molar refractivity (Wildman–Crippen MR) is 83.5 cm³/mol. The molecule has 0 radical (unpaired) electrons. The molecule has 3 nitrogen and oxygen atoms in total. The molecule has 0 aromatic rings. The van der Waals surface area contributed by atoms with Crippen LogP contribution in [0.2, 0.25) is 0 Å². The van der Waals surface area contributed by atoms with E-state index in [2.05, 4.69) is 24.5 Å². The minimum absolute atomic E-state index is 0.112. The van der Waals surface area contributed by atoms with Crippen LogP contribution in [0.4, 0.5) is 0 Å². The third-order valence-electron chi connectivity index (χ3n) is 2.06. The fraction of sp³-hybridized carbons (Fsp3) is 1.00. The van der Waals surface area contributed by atoms with Crippen molar-refractivity contribution in [2.24, 2.45) is 5.41 Å². The molecule has 0 amide bonds. The van der Waals surface area contributed by atoms with E-state index in [0.29, 0.717) is 0 Å². The van der Waals surface area contributed by atoms with Gasteiger partial charge in [0.05, 0.1) is 0 Å². The van der Waals surface area contributed by atoms with Gasteiger partial charge in [0, 0.05) is 0 Å². The first-order chi connectivity index (χ1) is 8.41. The first kappa shape index (κ1) is 22.4. The van der Waals surface area contributed by atoms with E-state index in [1.54, 1.807) is 0 Å². The molecule has 0 aromatic carbocycles. The SMILES string of the molecule is CC(C)([S-])C[N-]CC(C)(C)C[N-]CC(C)(C)[S-].[O]=[99Tc+4].